The zero-order chi connectivity index (χ0) is 16.0. The number of rotatable bonds is 7. The summed E-state index contributed by atoms with van der Waals surface area (Å²) in [7, 11) is -3.72. The van der Waals surface area contributed by atoms with Crippen LogP contribution < -0.4 is 15.2 Å². The molecule has 0 heterocycles. The number of hydrogen-bond donors (Lipinski definition) is 2. The molecule has 0 bridgehead atoms. The topological polar surface area (TPSA) is 98.5 Å². The van der Waals surface area contributed by atoms with E-state index >= 15 is 0 Å². The first-order valence-electron chi connectivity index (χ1n) is 6.87. The molecule has 1 aromatic rings. The third kappa shape index (κ3) is 5.35. The largest absolute Gasteiger partial charge is 0.481 e. The van der Waals surface area contributed by atoms with Crippen molar-refractivity contribution < 1.29 is 17.9 Å². The average molecular weight is 314 g/mol. The second-order valence-corrected chi connectivity index (χ2v) is 6.36. The smallest absolute Gasteiger partial charge is 0.260 e. The summed E-state index contributed by atoms with van der Waals surface area (Å²) in [5, 5.41) is 7.90. The zero-order valence-corrected chi connectivity index (χ0v) is 13.3. The molecule has 0 aliphatic heterocycles. The van der Waals surface area contributed by atoms with E-state index in [0.717, 1.165) is 12.8 Å². The molecule has 7 heteroatoms. The fourth-order valence-corrected chi connectivity index (χ4v) is 2.29. The third-order valence-corrected chi connectivity index (χ3v) is 4.10. The summed E-state index contributed by atoms with van der Waals surface area (Å²) in [5.41, 5.74) is 0. The number of carbonyl (C=O) groups excluding carboxylic acids is 1. The Bertz CT molecular complexity index is 565. The first-order chi connectivity index (χ1) is 9.77. The van der Waals surface area contributed by atoms with Crippen LogP contribution in [-0.4, -0.2) is 26.5 Å². The molecule has 0 spiro atoms. The van der Waals surface area contributed by atoms with Crippen molar-refractivity contribution in [1.29, 1.82) is 0 Å². The quantitative estimate of drug-likeness (QED) is 0.795. The SMILES string of the molecule is CCC(CC)NC(=O)C(C)Oc1ccc(S(N)(=O)=O)cc1. The van der Waals surface area contributed by atoms with Crippen LogP contribution in [-0.2, 0) is 14.8 Å². The van der Waals surface area contributed by atoms with Crippen LogP contribution in [0.15, 0.2) is 29.2 Å². The fraction of sp³-hybridized carbons (Fsp3) is 0.500. The normalized spacial score (nSPS) is 13.0. The second kappa shape index (κ2) is 7.42. The summed E-state index contributed by atoms with van der Waals surface area (Å²) in [6.45, 7) is 5.66. The van der Waals surface area contributed by atoms with Gasteiger partial charge in [-0.1, -0.05) is 13.8 Å². The van der Waals surface area contributed by atoms with Crippen LogP contribution in [0.2, 0.25) is 0 Å². The Morgan fingerprint density at radius 1 is 1.24 bits per heavy atom. The molecular formula is C14H22N2O4S. The van der Waals surface area contributed by atoms with E-state index in [-0.39, 0.29) is 16.8 Å². The van der Waals surface area contributed by atoms with E-state index in [1.54, 1.807) is 6.92 Å². The van der Waals surface area contributed by atoms with Gasteiger partial charge in [-0.15, -0.1) is 0 Å². The van der Waals surface area contributed by atoms with E-state index in [0.29, 0.717) is 5.75 Å². The molecule has 1 aromatic carbocycles. The fourth-order valence-electron chi connectivity index (χ4n) is 1.78. The number of benzene rings is 1. The maximum atomic E-state index is 11.9. The van der Waals surface area contributed by atoms with Crippen LogP contribution in [0.3, 0.4) is 0 Å². The van der Waals surface area contributed by atoms with Crippen molar-refractivity contribution in [3.05, 3.63) is 24.3 Å². The van der Waals surface area contributed by atoms with Crippen LogP contribution in [0, 0.1) is 0 Å². The van der Waals surface area contributed by atoms with E-state index in [1.165, 1.54) is 24.3 Å². The number of nitrogens with one attached hydrogen (secondary N) is 1. The maximum absolute atomic E-state index is 11.9. The summed E-state index contributed by atoms with van der Waals surface area (Å²) >= 11 is 0. The highest BCUT2D eigenvalue weighted by molar-refractivity contribution is 7.89. The van der Waals surface area contributed by atoms with Crippen LogP contribution >= 0.6 is 0 Å². The molecule has 0 radical (unpaired) electrons. The molecule has 0 aromatic heterocycles. The summed E-state index contributed by atoms with van der Waals surface area (Å²) in [6, 6.07) is 5.77. The molecule has 0 fully saturated rings. The highest BCUT2D eigenvalue weighted by Gasteiger charge is 2.17. The molecule has 3 N–H and O–H groups in total. The molecular weight excluding hydrogens is 292 g/mol. The van der Waals surface area contributed by atoms with Crippen molar-refractivity contribution in [2.45, 2.75) is 50.7 Å². The summed E-state index contributed by atoms with van der Waals surface area (Å²) in [6.07, 6.45) is 1.06. The van der Waals surface area contributed by atoms with Crippen molar-refractivity contribution in [2.75, 3.05) is 0 Å². The lowest BCUT2D eigenvalue weighted by Crippen LogP contribution is -2.42. The Hall–Kier alpha value is -1.60. The Morgan fingerprint density at radius 2 is 1.76 bits per heavy atom. The maximum Gasteiger partial charge on any atom is 0.260 e. The minimum atomic E-state index is -3.72. The minimum Gasteiger partial charge on any atom is -0.481 e. The Morgan fingerprint density at radius 3 is 2.19 bits per heavy atom. The lowest BCUT2D eigenvalue weighted by Gasteiger charge is -2.19. The van der Waals surface area contributed by atoms with E-state index in [9.17, 15) is 13.2 Å². The van der Waals surface area contributed by atoms with Gasteiger partial charge in [0.1, 0.15) is 5.75 Å². The molecule has 1 unspecified atom stereocenters. The van der Waals surface area contributed by atoms with Crippen molar-refractivity contribution >= 4 is 15.9 Å². The van der Waals surface area contributed by atoms with Gasteiger partial charge in [0, 0.05) is 6.04 Å². The van der Waals surface area contributed by atoms with Gasteiger partial charge in [0.15, 0.2) is 6.10 Å². The van der Waals surface area contributed by atoms with Gasteiger partial charge >= 0.3 is 0 Å². The number of amides is 1. The van der Waals surface area contributed by atoms with Crippen LogP contribution in [0.1, 0.15) is 33.6 Å². The number of hydrogen-bond acceptors (Lipinski definition) is 4. The van der Waals surface area contributed by atoms with Crippen molar-refractivity contribution in [2.24, 2.45) is 5.14 Å². The number of sulfonamides is 1. The lowest BCUT2D eigenvalue weighted by atomic mass is 10.1. The Labute approximate surface area is 125 Å². The molecule has 0 aliphatic rings. The summed E-state index contributed by atoms with van der Waals surface area (Å²) in [5.74, 6) is 0.216. The predicted molar refractivity (Wildman–Crippen MR) is 80.4 cm³/mol. The lowest BCUT2D eigenvalue weighted by molar-refractivity contribution is -0.128. The molecule has 1 atom stereocenters. The highest BCUT2D eigenvalue weighted by atomic mass is 32.2. The standard InChI is InChI=1S/C14H22N2O4S/c1-4-11(5-2)16-14(17)10(3)20-12-6-8-13(9-7-12)21(15,18)19/h6-11H,4-5H2,1-3H3,(H,16,17)(H2,15,18,19). The molecule has 1 rings (SSSR count). The van der Waals surface area contributed by atoms with Gasteiger partial charge < -0.3 is 10.1 Å². The second-order valence-electron chi connectivity index (χ2n) is 4.80. The highest BCUT2D eigenvalue weighted by Crippen LogP contribution is 2.16. The summed E-state index contributed by atoms with van der Waals surface area (Å²) in [4.78, 5) is 12.0. The first-order valence-corrected chi connectivity index (χ1v) is 8.42. The van der Waals surface area contributed by atoms with Crippen LogP contribution in [0.5, 0.6) is 5.75 Å². The summed E-state index contributed by atoms with van der Waals surface area (Å²) < 4.78 is 27.8. The molecule has 0 saturated carbocycles. The monoisotopic (exact) mass is 314 g/mol. The van der Waals surface area contributed by atoms with Crippen molar-refractivity contribution in [1.82, 2.24) is 5.32 Å². The van der Waals surface area contributed by atoms with Crippen LogP contribution in [0.4, 0.5) is 0 Å². The van der Waals surface area contributed by atoms with Crippen LogP contribution in [0.25, 0.3) is 0 Å². The van der Waals surface area contributed by atoms with Gasteiger partial charge in [0.05, 0.1) is 4.90 Å². The number of primary sulfonamides is 1. The van der Waals surface area contributed by atoms with Gasteiger partial charge in [0.25, 0.3) is 5.91 Å². The van der Waals surface area contributed by atoms with Crippen molar-refractivity contribution in [3.8, 4) is 5.75 Å². The number of nitrogens with two attached hydrogens (primary N) is 1. The third-order valence-electron chi connectivity index (χ3n) is 3.17. The molecule has 21 heavy (non-hydrogen) atoms. The minimum absolute atomic E-state index is 0.00369. The van der Waals surface area contributed by atoms with E-state index in [4.69, 9.17) is 9.88 Å². The predicted octanol–water partition coefficient (Wildman–Crippen LogP) is 1.41. The van der Waals surface area contributed by atoms with E-state index in [2.05, 4.69) is 5.32 Å². The van der Waals surface area contributed by atoms with E-state index in [1.807, 2.05) is 13.8 Å². The van der Waals surface area contributed by atoms with Gasteiger partial charge in [0.2, 0.25) is 10.0 Å². The van der Waals surface area contributed by atoms with E-state index < -0.39 is 16.1 Å². The first kappa shape index (κ1) is 17.5. The molecule has 0 aliphatic carbocycles. The van der Waals surface area contributed by atoms with Gasteiger partial charge in [-0.25, -0.2) is 13.6 Å². The zero-order valence-electron chi connectivity index (χ0n) is 12.5. The molecule has 6 nitrogen and oxygen atoms in total. The number of carbonyl (C=O) groups is 1. The molecule has 118 valence electrons. The number of ether oxygens (including phenoxy) is 1. The van der Waals surface area contributed by atoms with Gasteiger partial charge in [-0.3, -0.25) is 4.79 Å². The Kier molecular flexibility index (Phi) is 6.17. The van der Waals surface area contributed by atoms with Gasteiger partial charge in [-0.05, 0) is 44.0 Å². The molecule has 1 amide bonds. The average Bonchev–Trinajstić information content (AvgIpc) is 2.44. The van der Waals surface area contributed by atoms with Gasteiger partial charge in [-0.2, -0.15) is 0 Å². The Balaban J connectivity index is 2.66. The van der Waals surface area contributed by atoms with Crippen molar-refractivity contribution in [3.63, 3.8) is 0 Å². The molecule has 0 saturated heterocycles.